The van der Waals surface area contributed by atoms with Crippen molar-refractivity contribution in [3.8, 4) is 5.69 Å². The van der Waals surface area contributed by atoms with E-state index in [4.69, 9.17) is 9.47 Å². The first-order chi connectivity index (χ1) is 22.2. The van der Waals surface area contributed by atoms with Crippen LogP contribution in [0.1, 0.15) is 21.5 Å². The van der Waals surface area contributed by atoms with Crippen molar-refractivity contribution in [2.75, 3.05) is 38.3 Å². The number of morpholine rings is 1. The smallest absolute Gasteiger partial charge is 0.337 e. The van der Waals surface area contributed by atoms with E-state index in [1.807, 2.05) is 4.90 Å². The van der Waals surface area contributed by atoms with E-state index >= 15 is 4.39 Å². The number of esters is 1. The number of pyridine rings is 1. The highest BCUT2D eigenvalue weighted by Gasteiger charge is 2.27. The molecule has 0 spiro atoms. The zero-order valence-corrected chi connectivity index (χ0v) is 25.3. The van der Waals surface area contributed by atoms with Gasteiger partial charge < -0.3 is 19.7 Å². The Kier molecular flexibility index (Phi) is 8.28. The zero-order chi connectivity index (χ0) is 32.5. The number of carbonyl (C=O) groups excluding carboxylic acids is 2. The number of hydrogen-bond acceptors (Lipinski definition) is 10. The van der Waals surface area contributed by atoms with Crippen LogP contribution in [-0.2, 0) is 27.7 Å². The minimum Gasteiger partial charge on any atom is -0.467 e. The summed E-state index contributed by atoms with van der Waals surface area (Å²) in [7, 11) is 2.68. The summed E-state index contributed by atoms with van der Waals surface area (Å²) in [5.74, 6) is -2.23. The molecule has 236 valence electrons. The molecule has 13 nitrogen and oxygen atoms in total. The van der Waals surface area contributed by atoms with Gasteiger partial charge in [0.05, 0.1) is 37.1 Å². The largest absolute Gasteiger partial charge is 0.467 e. The van der Waals surface area contributed by atoms with Crippen LogP contribution in [0.2, 0.25) is 0 Å². The number of carbonyl (C=O) groups is 2. The summed E-state index contributed by atoms with van der Waals surface area (Å²) in [5.41, 5.74) is 0.785. The summed E-state index contributed by atoms with van der Waals surface area (Å²) in [6.45, 7) is 3.90. The van der Waals surface area contributed by atoms with E-state index in [1.165, 1.54) is 43.4 Å². The Morgan fingerprint density at radius 3 is 2.52 bits per heavy atom. The first-order valence-electron chi connectivity index (χ1n) is 14.5. The molecule has 6 rings (SSSR count). The van der Waals surface area contributed by atoms with E-state index in [0.717, 1.165) is 4.57 Å². The molecular formula is C32H30FN7O6. The third kappa shape index (κ3) is 5.47. The maximum Gasteiger partial charge on any atom is 0.337 e. The van der Waals surface area contributed by atoms with Crippen LogP contribution < -0.4 is 21.5 Å². The van der Waals surface area contributed by atoms with Crippen molar-refractivity contribution < 1.29 is 23.5 Å². The second-order valence-corrected chi connectivity index (χ2v) is 10.8. The number of amides is 1. The molecule has 46 heavy (non-hydrogen) atoms. The molecule has 1 atom stereocenters. The average molecular weight is 628 g/mol. The van der Waals surface area contributed by atoms with Crippen LogP contribution >= 0.6 is 0 Å². The number of nitrogens with zero attached hydrogens (tertiary/aromatic N) is 6. The number of rotatable bonds is 7. The number of aromatic nitrogens is 5. The van der Waals surface area contributed by atoms with E-state index in [1.54, 1.807) is 37.3 Å². The van der Waals surface area contributed by atoms with Gasteiger partial charge in [0.15, 0.2) is 11.2 Å². The van der Waals surface area contributed by atoms with E-state index in [-0.39, 0.29) is 28.8 Å². The predicted octanol–water partition coefficient (Wildman–Crippen LogP) is 1.83. The van der Waals surface area contributed by atoms with Crippen molar-refractivity contribution in [3.63, 3.8) is 0 Å². The molecule has 2 aromatic carbocycles. The molecule has 5 aromatic rings. The fourth-order valence-corrected chi connectivity index (χ4v) is 5.75. The van der Waals surface area contributed by atoms with Gasteiger partial charge in [0, 0.05) is 56.2 Å². The summed E-state index contributed by atoms with van der Waals surface area (Å²) >= 11 is 0. The lowest BCUT2D eigenvalue weighted by Crippen LogP contribution is -2.43. The number of anilines is 1. The lowest BCUT2D eigenvalue weighted by Gasteiger charge is -2.29. The lowest BCUT2D eigenvalue weighted by molar-refractivity contribution is -0.142. The van der Waals surface area contributed by atoms with Crippen molar-refractivity contribution in [3.05, 3.63) is 98.3 Å². The highest BCUT2D eigenvalue weighted by molar-refractivity contribution is 5.99. The Bertz CT molecular complexity index is 2100. The van der Waals surface area contributed by atoms with Gasteiger partial charge in [-0.05, 0) is 42.3 Å². The molecule has 1 saturated heterocycles. The second-order valence-electron chi connectivity index (χ2n) is 10.8. The SMILES string of the molecule is COC(=O)[C@H](Cc1ccc(-n2c(=O)c3nccnc3n(C)c2=O)c2ncccc12)NC(=O)c1c(C)cc(N2CCOCC2)cc1F. The minimum atomic E-state index is -1.20. The maximum atomic E-state index is 15.4. The van der Waals surface area contributed by atoms with Gasteiger partial charge in [-0.3, -0.25) is 19.1 Å². The van der Waals surface area contributed by atoms with Crippen LogP contribution in [0.4, 0.5) is 10.1 Å². The standard InChI is InChI=1S/C32H30FN7O6/c1-18-15-20(39-11-13-46-14-12-39)17-22(33)25(18)29(41)37-23(31(43)45-3)16-19-6-7-24(26-21(19)5-4-8-34-26)40-30(42)27-28(36-10-9-35-27)38(2)32(40)44/h4-10,15,17,23H,11-14,16H2,1-3H3,(H,37,41)/t23-/m0/s1. The summed E-state index contributed by atoms with van der Waals surface area (Å²) < 4.78 is 27.9. The molecule has 1 N–H and O–H groups in total. The summed E-state index contributed by atoms with van der Waals surface area (Å²) in [6.07, 6.45) is 4.22. The van der Waals surface area contributed by atoms with Crippen molar-refractivity contribution in [2.45, 2.75) is 19.4 Å². The fourth-order valence-electron chi connectivity index (χ4n) is 5.75. The van der Waals surface area contributed by atoms with Gasteiger partial charge >= 0.3 is 11.7 Å². The Morgan fingerprint density at radius 1 is 1.04 bits per heavy atom. The van der Waals surface area contributed by atoms with Gasteiger partial charge in [-0.1, -0.05) is 12.1 Å². The summed E-state index contributed by atoms with van der Waals surface area (Å²) in [6, 6.07) is 8.42. The van der Waals surface area contributed by atoms with Gasteiger partial charge in [-0.2, -0.15) is 0 Å². The average Bonchev–Trinajstić information content (AvgIpc) is 3.07. The molecule has 3 aromatic heterocycles. The number of nitrogens with one attached hydrogen (secondary N) is 1. The third-order valence-electron chi connectivity index (χ3n) is 8.05. The van der Waals surface area contributed by atoms with E-state index in [0.29, 0.717) is 54.0 Å². The topological polar surface area (TPSA) is 151 Å². The molecule has 1 aliphatic rings. The molecule has 1 amide bonds. The molecule has 0 bridgehead atoms. The molecule has 1 fully saturated rings. The quantitative estimate of drug-likeness (QED) is 0.265. The van der Waals surface area contributed by atoms with Crippen LogP contribution in [0, 0.1) is 12.7 Å². The number of halogens is 1. The highest BCUT2D eigenvalue weighted by atomic mass is 19.1. The number of aryl methyl sites for hydroxylation is 2. The molecule has 0 saturated carbocycles. The van der Waals surface area contributed by atoms with Gasteiger partial charge in [0.2, 0.25) is 0 Å². The van der Waals surface area contributed by atoms with E-state index in [2.05, 4.69) is 20.3 Å². The predicted molar refractivity (Wildman–Crippen MR) is 167 cm³/mol. The number of fused-ring (bicyclic) bond motifs is 2. The Hall–Kier alpha value is -5.50. The fraction of sp³-hybridized carbons (Fsp3) is 0.281. The maximum absolute atomic E-state index is 15.4. The first-order valence-corrected chi connectivity index (χ1v) is 14.5. The molecular weight excluding hydrogens is 597 g/mol. The van der Waals surface area contributed by atoms with E-state index < -0.39 is 35.0 Å². The number of ether oxygens (including phenoxy) is 2. The van der Waals surface area contributed by atoms with Crippen molar-refractivity contribution in [2.24, 2.45) is 7.05 Å². The summed E-state index contributed by atoms with van der Waals surface area (Å²) in [5, 5.41) is 3.16. The van der Waals surface area contributed by atoms with Gasteiger partial charge in [-0.25, -0.2) is 28.5 Å². The van der Waals surface area contributed by atoms with Crippen LogP contribution in [0.25, 0.3) is 27.8 Å². The highest BCUT2D eigenvalue weighted by Crippen LogP contribution is 2.26. The third-order valence-corrected chi connectivity index (χ3v) is 8.05. The number of hydrogen-bond donors (Lipinski definition) is 1. The van der Waals surface area contributed by atoms with Crippen molar-refractivity contribution >= 4 is 39.6 Å². The molecule has 0 unspecified atom stereocenters. The van der Waals surface area contributed by atoms with Crippen LogP contribution in [0.3, 0.4) is 0 Å². The van der Waals surface area contributed by atoms with Crippen molar-refractivity contribution in [1.82, 2.24) is 29.4 Å². The van der Waals surface area contributed by atoms with Crippen molar-refractivity contribution in [1.29, 1.82) is 0 Å². The van der Waals surface area contributed by atoms with Crippen LogP contribution in [0.15, 0.2) is 64.6 Å². The Balaban J connectivity index is 1.35. The number of methoxy groups -OCH3 is 1. The summed E-state index contributed by atoms with van der Waals surface area (Å²) in [4.78, 5) is 67.8. The molecule has 0 aliphatic carbocycles. The molecule has 14 heteroatoms. The lowest BCUT2D eigenvalue weighted by atomic mass is 9.99. The van der Waals surface area contributed by atoms with Gasteiger partial charge in [-0.15, -0.1) is 0 Å². The Labute approximate surface area is 261 Å². The normalized spacial score (nSPS) is 14.0. The van der Waals surface area contributed by atoms with Crippen LogP contribution in [0.5, 0.6) is 0 Å². The molecule has 0 radical (unpaired) electrons. The van der Waals surface area contributed by atoms with Crippen LogP contribution in [-0.4, -0.2) is 75.4 Å². The second kappa shape index (κ2) is 12.5. The van der Waals surface area contributed by atoms with Gasteiger partial charge in [0.25, 0.3) is 11.5 Å². The first kappa shape index (κ1) is 30.5. The van der Waals surface area contributed by atoms with Gasteiger partial charge in [0.1, 0.15) is 11.9 Å². The minimum absolute atomic E-state index is 0.00623. The zero-order valence-electron chi connectivity index (χ0n) is 25.3. The monoisotopic (exact) mass is 627 g/mol. The Morgan fingerprint density at radius 2 is 1.78 bits per heavy atom. The van der Waals surface area contributed by atoms with E-state index in [9.17, 15) is 19.2 Å². The molecule has 4 heterocycles. The number of benzene rings is 2. The molecule has 1 aliphatic heterocycles.